The first-order valence-electron chi connectivity index (χ1n) is 2.74. The summed E-state index contributed by atoms with van der Waals surface area (Å²) in [7, 11) is 1.86. The molecule has 0 saturated carbocycles. The van der Waals surface area contributed by atoms with Gasteiger partial charge in [0.15, 0.2) is 0 Å². The monoisotopic (exact) mass is 134 g/mol. The molecule has 0 radical (unpaired) electrons. The average Bonchev–Trinajstić information content (AvgIpc) is 1.67. The molecule has 0 heterocycles. The lowest BCUT2D eigenvalue weighted by molar-refractivity contribution is 0.580. The Morgan fingerprint density at radius 2 is 2.25 bits per heavy atom. The standard InChI is InChI=1S/C5H14N2S/c1-4-8-5(2,6)7-3/h7H,4,6H2,1-3H3/t5-/m0/s1. The first-order valence-corrected chi connectivity index (χ1v) is 3.72. The fourth-order valence-corrected chi connectivity index (χ4v) is 1.12. The third-order valence-corrected chi connectivity index (χ3v) is 2.03. The molecule has 0 fully saturated rings. The number of rotatable bonds is 3. The molecule has 0 aromatic carbocycles. The van der Waals surface area contributed by atoms with Crippen molar-refractivity contribution in [3.63, 3.8) is 0 Å². The summed E-state index contributed by atoms with van der Waals surface area (Å²) in [5.41, 5.74) is 5.68. The minimum atomic E-state index is -0.241. The zero-order chi connectivity index (χ0) is 6.62. The van der Waals surface area contributed by atoms with Crippen LogP contribution in [-0.4, -0.2) is 17.8 Å². The van der Waals surface area contributed by atoms with E-state index < -0.39 is 0 Å². The number of nitrogens with two attached hydrogens (primary N) is 1. The van der Waals surface area contributed by atoms with E-state index >= 15 is 0 Å². The second-order valence-electron chi connectivity index (χ2n) is 1.79. The molecule has 3 heteroatoms. The minimum Gasteiger partial charge on any atom is -0.305 e. The first kappa shape index (κ1) is 8.27. The smallest absolute Gasteiger partial charge is 0.111 e. The Morgan fingerprint density at radius 1 is 1.75 bits per heavy atom. The Balaban J connectivity index is 3.37. The maximum atomic E-state index is 5.68. The van der Waals surface area contributed by atoms with Crippen molar-refractivity contribution in [3.8, 4) is 0 Å². The van der Waals surface area contributed by atoms with Gasteiger partial charge in [0.05, 0.1) is 0 Å². The van der Waals surface area contributed by atoms with Gasteiger partial charge in [-0.3, -0.25) is 5.32 Å². The van der Waals surface area contributed by atoms with Crippen LogP contribution in [0.15, 0.2) is 0 Å². The summed E-state index contributed by atoms with van der Waals surface area (Å²) in [6.07, 6.45) is 0. The minimum absolute atomic E-state index is 0.241. The highest BCUT2D eigenvalue weighted by Gasteiger charge is 2.12. The van der Waals surface area contributed by atoms with Gasteiger partial charge in [0, 0.05) is 0 Å². The maximum absolute atomic E-state index is 5.68. The van der Waals surface area contributed by atoms with Gasteiger partial charge in [-0.15, -0.1) is 11.8 Å². The van der Waals surface area contributed by atoms with Gasteiger partial charge in [-0.1, -0.05) is 6.92 Å². The fourth-order valence-electron chi connectivity index (χ4n) is 0.372. The Morgan fingerprint density at radius 3 is 2.38 bits per heavy atom. The largest absolute Gasteiger partial charge is 0.305 e. The topological polar surface area (TPSA) is 38.0 Å². The zero-order valence-corrected chi connectivity index (χ0v) is 6.51. The summed E-state index contributed by atoms with van der Waals surface area (Å²) in [6, 6.07) is 0. The molecule has 0 bridgehead atoms. The van der Waals surface area contributed by atoms with Crippen LogP contribution in [0.4, 0.5) is 0 Å². The quantitative estimate of drug-likeness (QED) is 0.555. The number of hydrogen-bond acceptors (Lipinski definition) is 3. The molecule has 0 aromatic heterocycles. The van der Waals surface area contributed by atoms with Crippen LogP contribution in [0.1, 0.15) is 13.8 Å². The molecule has 50 valence electrons. The molecular formula is C5H14N2S. The molecule has 0 aliphatic carbocycles. The highest BCUT2D eigenvalue weighted by atomic mass is 32.2. The molecule has 1 atom stereocenters. The molecular weight excluding hydrogens is 120 g/mol. The van der Waals surface area contributed by atoms with E-state index in [4.69, 9.17) is 5.73 Å². The van der Waals surface area contributed by atoms with Crippen molar-refractivity contribution in [1.29, 1.82) is 0 Å². The summed E-state index contributed by atoms with van der Waals surface area (Å²) < 4.78 is 0. The van der Waals surface area contributed by atoms with Crippen molar-refractivity contribution in [2.45, 2.75) is 18.8 Å². The maximum Gasteiger partial charge on any atom is 0.111 e. The molecule has 0 aliphatic rings. The van der Waals surface area contributed by atoms with Crippen LogP contribution in [0.2, 0.25) is 0 Å². The van der Waals surface area contributed by atoms with Crippen molar-refractivity contribution in [1.82, 2.24) is 5.32 Å². The molecule has 0 rings (SSSR count). The molecule has 8 heavy (non-hydrogen) atoms. The Bertz CT molecular complexity index is 63.4. The summed E-state index contributed by atoms with van der Waals surface area (Å²) in [4.78, 5) is -0.241. The molecule has 3 N–H and O–H groups in total. The van der Waals surface area contributed by atoms with E-state index in [1.807, 2.05) is 14.0 Å². The average molecular weight is 134 g/mol. The predicted molar refractivity (Wildman–Crippen MR) is 39.8 cm³/mol. The Kier molecular flexibility index (Phi) is 3.44. The van der Waals surface area contributed by atoms with Crippen LogP contribution in [0.3, 0.4) is 0 Å². The van der Waals surface area contributed by atoms with Crippen LogP contribution in [-0.2, 0) is 0 Å². The molecule has 0 aromatic rings. The van der Waals surface area contributed by atoms with Crippen molar-refractivity contribution in [3.05, 3.63) is 0 Å². The second kappa shape index (κ2) is 3.33. The van der Waals surface area contributed by atoms with Crippen LogP contribution in [0.25, 0.3) is 0 Å². The lowest BCUT2D eigenvalue weighted by Gasteiger charge is -2.21. The summed E-state index contributed by atoms with van der Waals surface area (Å²) in [5.74, 6) is 1.05. The van der Waals surface area contributed by atoms with E-state index in [-0.39, 0.29) is 4.99 Å². The molecule has 0 unspecified atom stereocenters. The van der Waals surface area contributed by atoms with Crippen LogP contribution in [0.5, 0.6) is 0 Å². The number of nitrogens with one attached hydrogen (secondary N) is 1. The first-order chi connectivity index (χ1) is 3.62. The SMILES string of the molecule is CCS[C@@](C)(N)NC. The highest BCUT2D eigenvalue weighted by Crippen LogP contribution is 2.12. The van der Waals surface area contributed by atoms with Gasteiger partial charge in [-0.2, -0.15) is 0 Å². The normalized spacial score (nSPS) is 18.0. The van der Waals surface area contributed by atoms with Crippen molar-refractivity contribution in [2.75, 3.05) is 12.8 Å². The van der Waals surface area contributed by atoms with E-state index in [1.54, 1.807) is 11.8 Å². The molecule has 2 nitrogen and oxygen atoms in total. The summed E-state index contributed by atoms with van der Waals surface area (Å²) in [5, 5.41) is 2.98. The number of hydrogen-bond donors (Lipinski definition) is 2. The van der Waals surface area contributed by atoms with Crippen molar-refractivity contribution in [2.24, 2.45) is 5.73 Å². The van der Waals surface area contributed by atoms with Gasteiger partial charge < -0.3 is 5.73 Å². The lowest BCUT2D eigenvalue weighted by Crippen LogP contribution is -2.45. The summed E-state index contributed by atoms with van der Waals surface area (Å²) >= 11 is 1.70. The zero-order valence-electron chi connectivity index (χ0n) is 5.69. The third kappa shape index (κ3) is 3.29. The highest BCUT2D eigenvalue weighted by molar-refractivity contribution is 8.00. The lowest BCUT2D eigenvalue weighted by atomic mass is 10.6. The van der Waals surface area contributed by atoms with Gasteiger partial charge in [0.2, 0.25) is 0 Å². The Labute approximate surface area is 55.2 Å². The van der Waals surface area contributed by atoms with Gasteiger partial charge >= 0.3 is 0 Å². The molecule has 0 amide bonds. The number of thioether (sulfide) groups is 1. The predicted octanol–water partition coefficient (Wildman–Crippen LogP) is 0.591. The molecule has 0 aliphatic heterocycles. The van der Waals surface area contributed by atoms with Crippen LogP contribution in [0, 0.1) is 0 Å². The van der Waals surface area contributed by atoms with E-state index in [0.29, 0.717) is 0 Å². The van der Waals surface area contributed by atoms with Crippen molar-refractivity contribution < 1.29 is 0 Å². The van der Waals surface area contributed by atoms with Gasteiger partial charge in [0.1, 0.15) is 4.99 Å². The van der Waals surface area contributed by atoms with Gasteiger partial charge in [-0.25, -0.2) is 0 Å². The van der Waals surface area contributed by atoms with Crippen molar-refractivity contribution >= 4 is 11.8 Å². The van der Waals surface area contributed by atoms with Crippen LogP contribution < -0.4 is 11.1 Å². The fraction of sp³-hybridized carbons (Fsp3) is 1.00. The van der Waals surface area contributed by atoms with E-state index in [1.165, 1.54) is 0 Å². The van der Waals surface area contributed by atoms with E-state index in [9.17, 15) is 0 Å². The van der Waals surface area contributed by atoms with E-state index in [2.05, 4.69) is 12.2 Å². The molecule has 0 spiro atoms. The second-order valence-corrected chi connectivity index (χ2v) is 3.50. The van der Waals surface area contributed by atoms with E-state index in [0.717, 1.165) is 5.75 Å². The van der Waals surface area contributed by atoms with Gasteiger partial charge in [0.25, 0.3) is 0 Å². The van der Waals surface area contributed by atoms with Gasteiger partial charge in [-0.05, 0) is 19.7 Å². The van der Waals surface area contributed by atoms with Crippen LogP contribution >= 0.6 is 11.8 Å². The Hall–Kier alpha value is 0.270. The third-order valence-electron chi connectivity index (χ3n) is 0.941. The summed E-state index contributed by atoms with van der Waals surface area (Å²) in [6.45, 7) is 4.05. The molecule has 0 saturated heterocycles.